The zero-order chi connectivity index (χ0) is 13.7. The molecule has 1 fully saturated rings. The molecule has 0 spiro atoms. The van der Waals surface area contributed by atoms with Gasteiger partial charge in [-0.1, -0.05) is 18.2 Å². The largest absolute Gasteiger partial charge is 0.398 e. The van der Waals surface area contributed by atoms with E-state index < -0.39 is 0 Å². The maximum atomic E-state index is 11.9. The van der Waals surface area contributed by atoms with Gasteiger partial charge in [-0.25, -0.2) is 0 Å². The van der Waals surface area contributed by atoms with Crippen LogP contribution in [0, 0.1) is 5.92 Å². The lowest BCUT2D eigenvalue weighted by Crippen LogP contribution is -2.37. The van der Waals surface area contributed by atoms with Gasteiger partial charge in [0, 0.05) is 12.2 Å². The third kappa shape index (κ3) is 4.24. The molecule has 0 bridgehead atoms. The molecule has 1 aromatic carbocycles. The average molecular weight is 261 g/mol. The fourth-order valence-electron chi connectivity index (χ4n) is 2.46. The molecule has 1 aromatic rings. The molecule has 0 unspecified atom stereocenters. The number of nitrogens with one attached hydrogen (secondary N) is 1. The summed E-state index contributed by atoms with van der Waals surface area (Å²) in [4.78, 5) is 14.2. The lowest BCUT2D eigenvalue weighted by molar-refractivity contribution is -0.120. The number of carbonyl (C=O) groups excluding carboxylic acids is 1. The fraction of sp³-hybridized carbons (Fsp3) is 0.533. The van der Waals surface area contributed by atoms with Gasteiger partial charge in [0.15, 0.2) is 0 Å². The number of anilines is 1. The van der Waals surface area contributed by atoms with Crippen LogP contribution in [-0.2, 0) is 11.2 Å². The lowest BCUT2D eigenvalue weighted by atomic mass is 9.97. The Morgan fingerprint density at radius 2 is 2.05 bits per heavy atom. The van der Waals surface area contributed by atoms with E-state index in [-0.39, 0.29) is 5.91 Å². The SMILES string of the molecule is CN1CCC(CNC(=O)Cc2ccccc2N)CC1. The molecule has 0 radical (unpaired) electrons. The molecule has 0 atom stereocenters. The summed E-state index contributed by atoms with van der Waals surface area (Å²) >= 11 is 0. The lowest BCUT2D eigenvalue weighted by Gasteiger charge is -2.28. The van der Waals surface area contributed by atoms with E-state index in [1.165, 1.54) is 12.8 Å². The summed E-state index contributed by atoms with van der Waals surface area (Å²) in [5.74, 6) is 0.685. The molecule has 2 rings (SSSR count). The van der Waals surface area contributed by atoms with Gasteiger partial charge < -0.3 is 16.0 Å². The van der Waals surface area contributed by atoms with E-state index in [1.807, 2.05) is 24.3 Å². The number of nitrogen functional groups attached to an aromatic ring is 1. The minimum atomic E-state index is 0.0665. The number of nitrogens with two attached hydrogens (primary N) is 1. The number of likely N-dealkylation sites (tertiary alicyclic amines) is 1. The van der Waals surface area contributed by atoms with Crippen molar-refractivity contribution in [2.45, 2.75) is 19.3 Å². The van der Waals surface area contributed by atoms with Crippen molar-refractivity contribution in [1.29, 1.82) is 0 Å². The van der Waals surface area contributed by atoms with E-state index in [0.29, 0.717) is 18.0 Å². The first-order chi connectivity index (χ1) is 9.15. The Balaban J connectivity index is 1.74. The highest BCUT2D eigenvalue weighted by Crippen LogP contribution is 2.15. The van der Waals surface area contributed by atoms with Gasteiger partial charge in [-0.2, -0.15) is 0 Å². The first kappa shape index (κ1) is 13.9. The van der Waals surface area contributed by atoms with Crippen LogP contribution in [-0.4, -0.2) is 37.5 Å². The zero-order valence-electron chi connectivity index (χ0n) is 11.6. The fourth-order valence-corrected chi connectivity index (χ4v) is 2.46. The molecule has 1 heterocycles. The average Bonchev–Trinajstić information content (AvgIpc) is 2.41. The van der Waals surface area contributed by atoms with Gasteiger partial charge in [0.2, 0.25) is 5.91 Å². The number of amides is 1. The second kappa shape index (κ2) is 6.57. The van der Waals surface area contributed by atoms with E-state index in [2.05, 4.69) is 17.3 Å². The molecule has 1 amide bonds. The number of hydrogen-bond acceptors (Lipinski definition) is 3. The molecule has 1 aliphatic heterocycles. The number of benzene rings is 1. The Bertz CT molecular complexity index is 425. The summed E-state index contributed by atoms with van der Waals surface area (Å²) in [6.07, 6.45) is 2.72. The standard InChI is InChI=1S/C15H23N3O/c1-18-8-6-12(7-9-18)11-17-15(19)10-13-4-2-3-5-14(13)16/h2-5,12H,6-11,16H2,1H3,(H,17,19). The quantitative estimate of drug-likeness (QED) is 0.803. The third-order valence-corrected chi connectivity index (χ3v) is 3.83. The van der Waals surface area contributed by atoms with Gasteiger partial charge in [-0.05, 0) is 50.5 Å². The second-order valence-corrected chi connectivity index (χ2v) is 5.43. The summed E-state index contributed by atoms with van der Waals surface area (Å²) in [6.45, 7) is 3.05. The van der Waals surface area contributed by atoms with Crippen molar-refractivity contribution < 1.29 is 4.79 Å². The molecule has 0 saturated carbocycles. The summed E-state index contributed by atoms with van der Waals surface area (Å²) < 4.78 is 0. The highest BCUT2D eigenvalue weighted by atomic mass is 16.1. The van der Waals surface area contributed by atoms with Crippen LogP contribution < -0.4 is 11.1 Å². The Morgan fingerprint density at radius 1 is 1.37 bits per heavy atom. The van der Waals surface area contributed by atoms with E-state index in [4.69, 9.17) is 5.73 Å². The highest BCUT2D eigenvalue weighted by Gasteiger charge is 2.17. The minimum absolute atomic E-state index is 0.0665. The van der Waals surface area contributed by atoms with E-state index >= 15 is 0 Å². The molecule has 104 valence electrons. The van der Waals surface area contributed by atoms with Crippen molar-refractivity contribution in [3.8, 4) is 0 Å². The van der Waals surface area contributed by atoms with E-state index in [1.54, 1.807) is 0 Å². The third-order valence-electron chi connectivity index (χ3n) is 3.83. The van der Waals surface area contributed by atoms with Crippen LogP contribution in [0.1, 0.15) is 18.4 Å². The monoisotopic (exact) mass is 261 g/mol. The van der Waals surface area contributed by atoms with Crippen molar-refractivity contribution in [2.75, 3.05) is 32.4 Å². The number of nitrogens with zero attached hydrogens (tertiary/aromatic N) is 1. The van der Waals surface area contributed by atoms with Crippen molar-refractivity contribution in [1.82, 2.24) is 10.2 Å². The maximum Gasteiger partial charge on any atom is 0.224 e. The Morgan fingerprint density at radius 3 is 2.74 bits per heavy atom. The van der Waals surface area contributed by atoms with Crippen LogP contribution in [0.4, 0.5) is 5.69 Å². The summed E-state index contributed by atoms with van der Waals surface area (Å²) in [5, 5.41) is 3.03. The van der Waals surface area contributed by atoms with Crippen LogP contribution in [0.5, 0.6) is 0 Å². The zero-order valence-corrected chi connectivity index (χ0v) is 11.6. The van der Waals surface area contributed by atoms with E-state index in [9.17, 15) is 4.79 Å². The van der Waals surface area contributed by atoms with Gasteiger partial charge in [-0.15, -0.1) is 0 Å². The summed E-state index contributed by atoms with van der Waals surface area (Å²) in [6, 6.07) is 7.54. The predicted molar refractivity (Wildman–Crippen MR) is 77.8 cm³/mol. The van der Waals surface area contributed by atoms with Gasteiger partial charge in [0.05, 0.1) is 6.42 Å². The molecule has 3 N–H and O–H groups in total. The van der Waals surface area contributed by atoms with Crippen LogP contribution in [0.25, 0.3) is 0 Å². The molecule has 0 aromatic heterocycles. The first-order valence-electron chi connectivity index (χ1n) is 6.94. The molecule has 19 heavy (non-hydrogen) atoms. The predicted octanol–water partition coefficient (Wildman–Crippen LogP) is 1.27. The molecule has 1 aliphatic rings. The molecule has 4 heteroatoms. The topological polar surface area (TPSA) is 58.4 Å². The number of rotatable bonds is 4. The highest BCUT2D eigenvalue weighted by molar-refractivity contribution is 5.80. The molecule has 1 saturated heterocycles. The van der Waals surface area contributed by atoms with Crippen LogP contribution >= 0.6 is 0 Å². The Labute approximate surface area is 115 Å². The number of para-hydroxylation sites is 1. The molecular formula is C15H23N3O. The van der Waals surface area contributed by atoms with Crippen LogP contribution in [0.3, 0.4) is 0 Å². The van der Waals surface area contributed by atoms with Crippen molar-refractivity contribution >= 4 is 11.6 Å². The van der Waals surface area contributed by atoms with Crippen molar-refractivity contribution in [3.63, 3.8) is 0 Å². The minimum Gasteiger partial charge on any atom is -0.398 e. The Hall–Kier alpha value is -1.55. The van der Waals surface area contributed by atoms with Crippen LogP contribution in [0.15, 0.2) is 24.3 Å². The van der Waals surface area contributed by atoms with E-state index in [0.717, 1.165) is 25.2 Å². The number of hydrogen-bond donors (Lipinski definition) is 2. The van der Waals surface area contributed by atoms with Crippen LogP contribution in [0.2, 0.25) is 0 Å². The van der Waals surface area contributed by atoms with Gasteiger partial charge in [0.1, 0.15) is 0 Å². The Kier molecular flexibility index (Phi) is 4.80. The smallest absolute Gasteiger partial charge is 0.224 e. The van der Waals surface area contributed by atoms with Gasteiger partial charge in [0.25, 0.3) is 0 Å². The summed E-state index contributed by atoms with van der Waals surface area (Å²) in [5.41, 5.74) is 7.44. The molecular weight excluding hydrogens is 238 g/mol. The first-order valence-corrected chi connectivity index (χ1v) is 6.94. The maximum absolute atomic E-state index is 11.9. The second-order valence-electron chi connectivity index (χ2n) is 5.43. The van der Waals surface area contributed by atoms with Crippen molar-refractivity contribution in [2.24, 2.45) is 5.92 Å². The van der Waals surface area contributed by atoms with Crippen molar-refractivity contribution in [3.05, 3.63) is 29.8 Å². The summed E-state index contributed by atoms with van der Waals surface area (Å²) in [7, 11) is 2.15. The normalized spacial score (nSPS) is 17.3. The number of carbonyl (C=O) groups is 1. The number of piperidine rings is 1. The van der Waals surface area contributed by atoms with Gasteiger partial charge >= 0.3 is 0 Å². The van der Waals surface area contributed by atoms with Gasteiger partial charge in [-0.3, -0.25) is 4.79 Å². The molecule has 0 aliphatic carbocycles. The molecule has 4 nitrogen and oxygen atoms in total.